The quantitative estimate of drug-likeness (QED) is 0.700. The smallest absolute Gasteiger partial charge is 0.406 e. The lowest BCUT2D eigenvalue weighted by molar-refractivity contribution is -0.274. The Balaban J connectivity index is 1.87. The first kappa shape index (κ1) is 18.6. The molecule has 0 aliphatic carbocycles. The van der Waals surface area contributed by atoms with Crippen LogP contribution in [0.15, 0.2) is 41.5 Å². The summed E-state index contributed by atoms with van der Waals surface area (Å²) in [5.41, 5.74) is 0.774. The van der Waals surface area contributed by atoms with Gasteiger partial charge in [0, 0.05) is 29.5 Å². The molecule has 0 amide bonds. The van der Waals surface area contributed by atoms with Crippen molar-refractivity contribution >= 4 is 0 Å². The molecule has 3 aromatic rings. The minimum Gasteiger partial charge on any atom is -0.406 e. The summed E-state index contributed by atoms with van der Waals surface area (Å²) >= 11 is 0. The summed E-state index contributed by atoms with van der Waals surface area (Å²) < 4.78 is 56.1. The number of nitrogens with one attached hydrogen (secondary N) is 1. The average Bonchev–Trinajstić information content (AvgIpc) is 3.02. The van der Waals surface area contributed by atoms with Crippen LogP contribution >= 0.6 is 0 Å². The Morgan fingerprint density at radius 2 is 2.00 bits per heavy atom. The van der Waals surface area contributed by atoms with Crippen molar-refractivity contribution in [3.05, 3.63) is 64.2 Å². The maximum absolute atomic E-state index is 14.3. The standard InChI is InChI=1S/C17H14F4N4O2/c1-9(13-4-3-12(5-14(13)18)27-17(19,20)21)25-8-11(7-22-25)15-6-16(26)24-10(2)23-15/h3-9H,1-2H3,(H,23,24,26). The van der Waals surface area contributed by atoms with Gasteiger partial charge in [0.05, 0.1) is 17.9 Å². The van der Waals surface area contributed by atoms with Crippen molar-refractivity contribution in [1.29, 1.82) is 0 Å². The Morgan fingerprint density at radius 3 is 2.63 bits per heavy atom. The summed E-state index contributed by atoms with van der Waals surface area (Å²) in [5.74, 6) is -1.06. The number of rotatable bonds is 4. The maximum atomic E-state index is 14.3. The van der Waals surface area contributed by atoms with Crippen molar-refractivity contribution in [2.45, 2.75) is 26.3 Å². The zero-order chi connectivity index (χ0) is 19.8. The Morgan fingerprint density at radius 1 is 1.26 bits per heavy atom. The molecule has 27 heavy (non-hydrogen) atoms. The lowest BCUT2D eigenvalue weighted by Crippen LogP contribution is -2.17. The molecule has 2 heterocycles. The van der Waals surface area contributed by atoms with Gasteiger partial charge >= 0.3 is 6.36 Å². The second-order valence-corrected chi connectivity index (χ2v) is 5.83. The predicted molar refractivity (Wildman–Crippen MR) is 87.7 cm³/mol. The maximum Gasteiger partial charge on any atom is 0.573 e. The van der Waals surface area contributed by atoms with E-state index in [2.05, 4.69) is 19.8 Å². The molecule has 142 valence electrons. The van der Waals surface area contributed by atoms with E-state index in [9.17, 15) is 22.4 Å². The molecule has 1 atom stereocenters. The van der Waals surface area contributed by atoms with Crippen LogP contribution in [0.3, 0.4) is 0 Å². The number of aryl methyl sites for hydroxylation is 1. The largest absolute Gasteiger partial charge is 0.573 e. The number of hydrogen-bond acceptors (Lipinski definition) is 4. The molecule has 0 aliphatic rings. The lowest BCUT2D eigenvalue weighted by atomic mass is 10.1. The number of nitrogens with zero attached hydrogens (tertiary/aromatic N) is 3. The van der Waals surface area contributed by atoms with E-state index in [0.29, 0.717) is 23.1 Å². The van der Waals surface area contributed by atoms with Gasteiger partial charge in [-0.3, -0.25) is 9.48 Å². The molecular weight excluding hydrogens is 368 g/mol. The summed E-state index contributed by atoms with van der Waals surface area (Å²) in [4.78, 5) is 18.3. The zero-order valence-corrected chi connectivity index (χ0v) is 14.2. The van der Waals surface area contributed by atoms with Gasteiger partial charge in [0.25, 0.3) is 5.56 Å². The molecule has 10 heteroatoms. The van der Waals surface area contributed by atoms with E-state index in [1.807, 2.05) is 0 Å². The lowest BCUT2D eigenvalue weighted by Gasteiger charge is -2.15. The fourth-order valence-electron chi connectivity index (χ4n) is 2.60. The van der Waals surface area contributed by atoms with Crippen molar-refractivity contribution < 1.29 is 22.3 Å². The number of ether oxygens (including phenoxy) is 1. The van der Waals surface area contributed by atoms with Crippen LogP contribution in [0.4, 0.5) is 17.6 Å². The molecule has 1 aromatic carbocycles. The zero-order valence-electron chi connectivity index (χ0n) is 14.2. The monoisotopic (exact) mass is 382 g/mol. The SMILES string of the molecule is Cc1nc(-c2cnn(C(C)c3ccc(OC(F)(F)F)cc3F)c2)cc(=O)[nH]1. The molecule has 0 bridgehead atoms. The molecule has 1 unspecified atom stereocenters. The first-order valence-electron chi connectivity index (χ1n) is 7.80. The number of aromatic amines is 1. The summed E-state index contributed by atoms with van der Waals surface area (Å²) in [6.45, 7) is 3.27. The second-order valence-electron chi connectivity index (χ2n) is 5.83. The van der Waals surface area contributed by atoms with Crippen molar-refractivity contribution in [2.24, 2.45) is 0 Å². The molecule has 0 saturated heterocycles. The fourth-order valence-corrected chi connectivity index (χ4v) is 2.60. The van der Waals surface area contributed by atoms with Crippen LogP contribution in [0.25, 0.3) is 11.3 Å². The fraction of sp³-hybridized carbons (Fsp3) is 0.235. The Kier molecular flexibility index (Phi) is 4.73. The van der Waals surface area contributed by atoms with E-state index in [1.54, 1.807) is 20.0 Å². The number of aromatic nitrogens is 4. The molecule has 2 aromatic heterocycles. The van der Waals surface area contributed by atoms with E-state index < -0.39 is 24.0 Å². The van der Waals surface area contributed by atoms with Gasteiger partial charge in [-0.15, -0.1) is 13.2 Å². The highest BCUT2D eigenvalue weighted by molar-refractivity contribution is 5.56. The molecule has 0 radical (unpaired) electrons. The normalized spacial score (nSPS) is 12.8. The summed E-state index contributed by atoms with van der Waals surface area (Å²) in [5, 5.41) is 4.14. The second kappa shape index (κ2) is 6.86. The molecule has 0 saturated carbocycles. The third-order valence-corrected chi connectivity index (χ3v) is 3.81. The van der Waals surface area contributed by atoms with Crippen molar-refractivity contribution in [1.82, 2.24) is 19.7 Å². The molecule has 0 fully saturated rings. The van der Waals surface area contributed by atoms with E-state index >= 15 is 0 Å². The van der Waals surface area contributed by atoms with E-state index in [4.69, 9.17) is 0 Å². The summed E-state index contributed by atoms with van der Waals surface area (Å²) in [6, 6.07) is 3.61. The van der Waals surface area contributed by atoms with Crippen LogP contribution in [0.2, 0.25) is 0 Å². The Bertz CT molecular complexity index is 1030. The first-order chi connectivity index (χ1) is 12.6. The minimum absolute atomic E-state index is 0.134. The number of halogens is 4. The topological polar surface area (TPSA) is 72.8 Å². The molecule has 1 N–H and O–H groups in total. The van der Waals surface area contributed by atoms with Gasteiger partial charge in [0.2, 0.25) is 0 Å². The van der Waals surface area contributed by atoms with Gasteiger partial charge in [-0.25, -0.2) is 9.37 Å². The molecule has 0 aliphatic heterocycles. The average molecular weight is 382 g/mol. The first-order valence-corrected chi connectivity index (χ1v) is 7.80. The number of benzene rings is 1. The van der Waals surface area contributed by atoms with Crippen molar-refractivity contribution in [2.75, 3.05) is 0 Å². The number of hydrogen-bond donors (Lipinski definition) is 1. The summed E-state index contributed by atoms with van der Waals surface area (Å²) in [6.07, 6.45) is -1.85. The third kappa shape index (κ3) is 4.33. The van der Waals surface area contributed by atoms with E-state index in [-0.39, 0.29) is 11.1 Å². The summed E-state index contributed by atoms with van der Waals surface area (Å²) in [7, 11) is 0. The highest BCUT2D eigenvalue weighted by Gasteiger charge is 2.31. The van der Waals surface area contributed by atoms with Gasteiger partial charge in [-0.2, -0.15) is 5.10 Å². The van der Waals surface area contributed by atoms with E-state index in [1.165, 1.54) is 23.0 Å². The molecule has 6 nitrogen and oxygen atoms in total. The van der Waals surface area contributed by atoms with Gasteiger partial charge in [-0.05, 0) is 19.9 Å². The Labute approximate surface area is 150 Å². The van der Waals surface area contributed by atoms with Crippen molar-refractivity contribution in [3.8, 4) is 17.0 Å². The molecular formula is C17H14F4N4O2. The van der Waals surface area contributed by atoms with Crippen molar-refractivity contribution in [3.63, 3.8) is 0 Å². The van der Waals surface area contributed by atoms with Gasteiger partial charge < -0.3 is 9.72 Å². The van der Waals surface area contributed by atoms with Crippen LogP contribution in [0.5, 0.6) is 5.75 Å². The minimum atomic E-state index is -4.89. The van der Waals surface area contributed by atoms with Gasteiger partial charge in [0.15, 0.2) is 0 Å². The van der Waals surface area contributed by atoms with Gasteiger partial charge in [0.1, 0.15) is 17.4 Å². The molecule has 3 rings (SSSR count). The van der Waals surface area contributed by atoms with Crippen LogP contribution in [0, 0.1) is 12.7 Å². The highest BCUT2D eigenvalue weighted by Crippen LogP contribution is 2.28. The number of alkyl halides is 3. The van der Waals surface area contributed by atoms with Crippen LogP contribution in [0.1, 0.15) is 24.4 Å². The number of H-pyrrole nitrogens is 1. The van der Waals surface area contributed by atoms with Crippen LogP contribution in [-0.2, 0) is 0 Å². The Hall–Kier alpha value is -3.17. The highest BCUT2D eigenvalue weighted by atomic mass is 19.4. The van der Waals surface area contributed by atoms with Gasteiger partial charge in [-0.1, -0.05) is 6.07 Å². The van der Waals surface area contributed by atoms with Crippen LogP contribution < -0.4 is 10.3 Å². The predicted octanol–water partition coefficient (Wildman–Crippen LogP) is 3.59. The third-order valence-electron chi connectivity index (χ3n) is 3.81. The molecule has 0 spiro atoms. The van der Waals surface area contributed by atoms with E-state index in [0.717, 1.165) is 6.07 Å². The van der Waals surface area contributed by atoms with Crippen LogP contribution in [-0.4, -0.2) is 26.1 Å².